The van der Waals surface area contributed by atoms with Crippen LogP contribution in [0.1, 0.15) is 107 Å². The average molecular weight is 913 g/mol. The maximum Gasteiger partial charge on any atom is 0.276 e. The molecule has 2 saturated heterocycles. The van der Waals surface area contributed by atoms with Gasteiger partial charge in [0.05, 0.1) is 41.7 Å². The van der Waals surface area contributed by atoms with Crippen molar-refractivity contribution in [1.82, 2.24) is 48.9 Å². The summed E-state index contributed by atoms with van der Waals surface area (Å²) in [5.74, 6) is 0.894. The second-order valence-corrected chi connectivity index (χ2v) is 18.4. The number of hydrogen-bond acceptors (Lipinski definition) is 11. The first-order chi connectivity index (χ1) is 32.5. The molecule has 6 aromatic rings. The van der Waals surface area contributed by atoms with Crippen LogP contribution in [0.25, 0.3) is 22.1 Å². The number of aryl methyl sites for hydroxylation is 5. The molecule has 7 heterocycles. The van der Waals surface area contributed by atoms with E-state index in [4.69, 9.17) is 24.2 Å². The molecule has 1 aliphatic carbocycles. The number of hydrogen-bond donors (Lipinski definition) is 3. The van der Waals surface area contributed by atoms with Gasteiger partial charge < -0.3 is 28.7 Å². The van der Waals surface area contributed by atoms with Crippen molar-refractivity contribution in [2.45, 2.75) is 130 Å². The van der Waals surface area contributed by atoms with Gasteiger partial charge in [0.2, 0.25) is 11.9 Å². The van der Waals surface area contributed by atoms with Gasteiger partial charge in [-0.05, 0) is 102 Å². The van der Waals surface area contributed by atoms with Gasteiger partial charge >= 0.3 is 0 Å². The number of anilines is 2. The smallest absolute Gasteiger partial charge is 0.276 e. The minimum Gasteiger partial charge on any atom is -0.490 e. The van der Waals surface area contributed by atoms with Gasteiger partial charge in [-0.2, -0.15) is 10.2 Å². The molecule has 3 unspecified atom stereocenters. The SMILES string of the molecule is CCn1nc(C)cc1C(=O)Nc1nc2cc(C)cc3c2n1C/C=C/Cn1c(NC(=O)c2cc(C)nn2CC)nc2cc(C(=O)NC4CCCCC4)cc(c21)OCC(N1C2CCC1COC2)CO3. The van der Waals surface area contributed by atoms with E-state index >= 15 is 0 Å². The number of amides is 3. The monoisotopic (exact) mass is 912 g/mol. The van der Waals surface area contributed by atoms with E-state index in [2.05, 4.69) is 31.0 Å². The van der Waals surface area contributed by atoms with Crippen LogP contribution in [0.2, 0.25) is 0 Å². The zero-order valence-corrected chi connectivity index (χ0v) is 39.0. The first-order valence-corrected chi connectivity index (χ1v) is 23.9. The number of aromatic nitrogens is 8. The third-order valence-corrected chi connectivity index (χ3v) is 13.6. The van der Waals surface area contributed by atoms with Gasteiger partial charge in [-0.3, -0.25) is 39.3 Å². The molecule has 18 nitrogen and oxygen atoms in total. The Labute approximate surface area is 389 Å². The number of rotatable bonds is 9. The van der Waals surface area contributed by atoms with Crippen molar-refractivity contribution in [3.63, 3.8) is 0 Å². The highest BCUT2D eigenvalue weighted by molar-refractivity contribution is 6.05. The summed E-state index contributed by atoms with van der Waals surface area (Å²) in [7, 11) is 0. The molecule has 3 fully saturated rings. The molecule has 352 valence electrons. The predicted molar refractivity (Wildman–Crippen MR) is 253 cm³/mol. The van der Waals surface area contributed by atoms with E-state index in [-0.39, 0.29) is 67.6 Å². The summed E-state index contributed by atoms with van der Waals surface area (Å²) in [5.41, 5.74) is 6.26. The Balaban J connectivity index is 1.09. The molecule has 67 heavy (non-hydrogen) atoms. The van der Waals surface area contributed by atoms with Crippen molar-refractivity contribution in [3.05, 3.63) is 82.5 Å². The van der Waals surface area contributed by atoms with Crippen molar-refractivity contribution in [1.29, 1.82) is 0 Å². The highest BCUT2D eigenvalue weighted by Gasteiger charge is 2.42. The lowest BCUT2D eigenvalue weighted by Gasteiger charge is -2.40. The van der Waals surface area contributed by atoms with Crippen LogP contribution in [0, 0.1) is 20.8 Å². The van der Waals surface area contributed by atoms with E-state index in [1.807, 2.05) is 74.1 Å². The third kappa shape index (κ3) is 8.79. The van der Waals surface area contributed by atoms with Gasteiger partial charge in [-0.15, -0.1) is 0 Å². The van der Waals surface area contributed by atoms with E-state index in [1.165, 1.54) is 6.42 Å². The first-order valence-electron chi connectivity index (χ1n) is 23.9. The Bertz CT molecular complexity index is 2870. The van der Waals surface area contributed by atoms with Crippen molar-refractivity contribution in [2.75, 3.05) is 37.1 Å². The quantitative estimate of drug-likeness (QED) is 0.133. The normalized spacial score (nSPS) is 20.8. The molecule has 3 aliphatic heterocycles. The lowest BCUT2D eigenvalue weighted by atomic mass is 9.95. The van der Waals surface area contributed by atoms with Crippen molar-refractivity contribution in [2.24, 2.45) is 0 Å². The van der Waals surface area contributed by atoms with Gasteiger partial charge in [0.25, 0.3) is 17.7 Å². The fourth-order valence-electron chi connectivity index (χ4n) is 10.5. The first kappa shape index (κ1) is 44.3. The highest BCUT2D eigenvalue weighted by Crippen LogP contribution is 2.37. The van der Waals surface area contributed by atoms with E-state index in [0.29, 0.717) is 83.8 Å². The van der Waals surface area contributed by atoms with E-state index in [0.717, 1.165) is 61.0 Å². The van der Waals surface area contributed by atoms with Gasteiger partial charge in [-0.25, -0.2) is 9.97 Å². The Morgan fingerprint density at radius 1 is 0.627 bits per heavy atom. The Morgan fingerprint density at radius 2 is 1.16 bits per heavy atom. The number of morpholine rings is 1. The van der Waals surface area contributed by atoms with Crippen molar-refractivity contribution < 1.29 is 28.6 Å². The second kappa shape index (κ2) is 18.6. The molecule has 4 aromatic heterocycles. The van der Waals surface area contributed by atoms with Gasteiger partial charge in [0.15, 0.2) is 0 Å². The molecule has 3 amide bonds. The number of carbonyl (C=O) groups excluding carboxylic acids is 3. The molecule has 2 aromatic carbocycles. The number of nitrogens with one attached hydrogen (secondary N) is 3. The number of benzene rings is 2. The summed E-state index contributed by atoms with van der Waals surface area (Å²) in [5, 5.41) is 18.5. The number of allylic oxidation sites excluding steroid dienone is 2. The summed E-state index contributed by atoms with van der Waals surface area (Å²) in [6.07, 6.45) is 11.2. The molecule has 3 atom stereocenters. The predicted octanol–water partition coefficient (Wildman–Crippen LogP) is 6.57. The van der Waals surface area contributed by atoms with Crippen LogP contribution in [0.15, 0.2) is 48.6 Å². The number of imidazole rings is 2. The molecule has 1 saturated carbocycles. The third-order valence-electron chi connectivity index (χ3n) is 13.6. The lowest BCUT2D eigenvalue weighted by Crippen LogP contribution is -2.55. The van der Waals surface area contributed by atoms with Crippen LogP contribution in [-0.4, -0.2) is 112 Å². The molecule has 4 aliphatic rings. The van der Waals surface area contributed by atoms with Crippen LogP contribution < -0.4 is 25.4 Å². The lowest BCUT2D eigenvalue weighted by molar-refractivity contribution is -0.0534. The van der Waals surface area contributed by atoms with Crippen LogP contribution >= 0.6 is 0 Å². The number of fused-ring (bicyclic) bond motifs is 2. The minimum absolute atomic E-state index is 0.0971. The minimum atomic E-state index is -0.362. The molecule has 0 spiro atoms. The fourth-order valence-corrected chi connectivity index (χ4v) is 10.5. The van der Waals surface area contributed by atoms with Gasteiger partial charge in [-0.1, -0.05) is 31.4 Å². The zero-order chi connectivity index (χ0) is 46.3. The van der Waals surface area contributed by atoms with E-state index < -0.39 is 0 Å². The Kier molecular flexibility index (Phi) is 12.3. The van der Waals surface area contributed by atoms with Crippen LogP contribution in [0.4, 0.5) is 11.9 Å². The number of nitrogens with zero attached hydrogens (tertiary/aromatic N) is 9. The molecular formula is C49H60N12O6. The van der Waals surface area contributed by atoms with Gasteiger partial charge in [0, 0.05) is 49.9 Å². The molecule has 18 heteroatoms. The molecule has 0 radical (unpaired) electrons. The highest BCUT2D eigenvalue weighted by atomic mass is 16.5. The summed E-state index contributed by atoms with van der Waals surface area (Å²) < 4.78 is 27.2. The standard InChI is InChI=1S/C49H60N12O6/c1-6-59-39(21-30(4)55-59)46(63)53-48-51-37-19-29(3)20-41-43(37)57(48)17-11-12-18-58-44-38(52-49(58)54-47(64)40-22-31(5)56-60(40)7-2)23-32(45(62)50-33-13-9-8-10-14-33)24-42(44)67-28-36(27-66-41)61-34-15-16-35(61)26-65-25-34/h11-12,19-24,33-36H,6-10,13-18,25-28H2,1-5H3,(H,50,62)(H,51,53,63)(H,52,54,64)/b12-11+. The maximum absolute atomic E-state index is 14.1. The number of carbonyl (C=O) groups is 3. The van der Waals surface area contributed by atoms with E-state index in [1.54, 1.807) is 27.6 Å². The van der Waals surface area contributed by atoms with Crippen LogP contribution in [-0.2, 0) is 30.9 Å². The molecule has 10 rings (SSSR count). The second-order valence-electron chi connectivity index (χ2n) is 18.4. The maximum atomic E-state index is 14.1. The fraction of sp³-hybridized carbons (Fsp3) is 0.490. The summed E-state index contributed by atoms with van der Waals surface area (Å²) in [6.45, 7) is 13.0. The van der Waals surface area contributed by atoms with Crippen LogP contribution in [0.5, 0.6) is 11.5 Å². The van der Waals surface area contributed by atoms with Gasteiger partial charge in [0.1, 0.15) is 47.1 Å². The Hall–Kier alpha value is -6.53. The van der Waals surface area contributed by atoms with Crippen molar-refractivity contribution >= 4 is 51.7 Å². The van der Waals surface area contributed by atoms with Crippen LogP contribution in [0.3, 0.4) is 0 Å². The molecular weight excluding hydrogens is 853 g/mol. The zero-order valence-electron chi connectivity index (χ0n) is 39.0. The Morgan fingerprint density at radius 3 is 1.72 bits per heavy atom. The summed E-state index contributed by atoms with van der Waals surface area (Å²) >= 11 is 0. The molecule has 2 bridgehead atoms. The van der Waals surface area contributed by atoms with E-state index in [9.17, 15) is 14.4 Å². The summed E-state index contributed by atoms with van der Waals surface area (Å²) in [4.78, 5) is 54.7. The average Bonchev–Trinajstić information content (AvgIpc) is 4.12. The largest absolute Gasteiger partial charge is 0.490 e. The number of ether oxygens (including phenoxy) is 3. The topological polar surface area (TPSA) is 190 Å². The summed E-state index contributed by atoms with van der Waals surface area (Å²) in [6, 6.07) is 11.4. The molecule has 3 N–H and O–H groups in total. The van der Waals surface area contributed by atoms with Crippen molar-refractivity contribution in [3.8, 4) is 11.5 Å².